The molecule has 3 aromatic rings. The Hall–Kier alpha value is -2.13. The van der Waals surface area contributed by atoms with Crippen LogP contribution in [0.3, 0.4) is 0 Å². The third-order valence-corrected chi connectivity index (χ3v) is 4.75. The van der Waals surface area contributed by atoms with Crippen molar-refractivity contribution in [2.75, 3.05) is 6.79 Å². The molecule has 1 unspecified atom stereocenters. The molecule has 0 aromatic heterocycles. The first kappa shape index (κ1) is 15.4. The van der Waals surface area contributed by atoms with Crippen molar-refractivity contribution in [3.63, 3.8) is 0 Å². The molecule has 1 aliphatic heterocycles. The van der Waals surface area contributed by atoms with Gasteiger partial charge in [-0.25, -0.2) is 0 Å². The Morgan fingerprint density at radius 3 is 2.46 bits per heavy atom. The van der Waals surface area contributed by atoms with E-state index in [0.29, 0.717) is 22.6 Å². The molecular weight excluding hydrogens is 323 g/mol. The lowest BCUT2D eigenvalue weighted by Gasteiger charge is -2.17. The van der Waals surface area contributed by atoms with Gasteiger partial charge in [0, 0.05) is 5.39 Å². The summed E-state index contributed by atoms with van der Waals surface area (Å²) in [5.41, 5.74) is 3.28. The highest BCUT2D eigenvalue weighted by Crippen LogP contribution is 2.46. The zero-order chi connectivity index (χ0) is 16.7. The number of fused-ring (bicyclic) bond motifs is 3. The Labute approximate surface area is 141 Å². The van der Waals surface area contributed by atoms with E-state index in [-0.39, 0.29) is 20.0 Å². The summed E-state index contributed by atoms with van der Waals surface area (Å²) in [5, 5.41) is 22.6. The lowest BCUT2D eigenvalue weighted by atomic mass is 9.89. The second kappa shape index (κ2) is 6.06. The molecule has 0 amide bonds. The standard InChI is InChI=1S/C19H17O4P/c20-8-13-7-12-3-6-16-19(23-10-22-16)18(12)17(15(13)9-21)11-1-4-14(24)5-2-11/h1-7,20-21H,8-10,24H2. The molecule has 122 valence electrons. The van der Waals surface area contributed by atoms with E-state index in [2.05, 4.69) is 9.24 Å². The fourth-order valence-electron chi connectivity index (χ4n) is 3.24. The number of aliphatic hydroxyl groups is 2. The van der Waals surface area contributed by atoms with Crippen LogP contribution in [0.5, 0.6) is 11.5 Å². The number of ether oxygens (including phenoxy) is 2. The Kier molecular flexibility index (Phi) is 3.89. The number of rotatable bonds is 3. The quantitative estimate of drug-likeness (QED) is 0.720. The predicted molar refractivity (Wildman–Crippen MR) is 96.7 cm³/mol. The zero-order valence-electron chi connectivity index (χ0n) is 13.0. The minimum Gasteiger partial charge on any atom is -0.454 e. The van der Waals surface area contributed by atoms with Crippen LogP contribution < -0.4 is 14.8 Å². The summed E-state index contributed by atoms with van der Waals surface area (Å²) in [6.07, 6.45) is 0. The first-order valence-electron chi connectivity index (χ1n) is 7.67. The maximum atomic E-state index is 9.97. The van der Waals surface area contributed by atoms with Gasteiger partial charge in [-0.3, -0.25) is 0 Å². The first-order valence-corrected chi connectivity index (χ1v) is 8.25. The van der Waals surface area contributed by atoms with E-state index in [1.54, 1.807) is 0 Å². The number of hydrogen-bond acceptors (Lipinski definition) is 4. The summed E-state index contributed by atoms with van der Waals surface area (Å²) in [7, 11) is 2.66. The van der Waals surface area contributed by atoms with Crippen LogP contribution in [0.1, 0.15) is 11.1 Å². The van der Waals surface area contributed by atoms with Gasteiger partial charge in [-0.05, 0) is 45.1 Å². The Morgan fingerprint density at radius 2 is 1.75 bits per heavy atom. The smallest absolute Gasteiger partial charge is 0.231 e. The maximum Gasteiger partial charge on any atom is 0.231 e. The fraction of sp³-hybridized carbons (Fsp3) is 0.158. The highest BCUT2D eigenvalue weighted by Gasteiger charge is 2.23. The van der Waals surface area contributed by atoms with E-state index < -0.39 is 0 Å². The van der Waals surface area contributed by atoms with Crippen molar-refractivity contribution in [3.8, 4) is 22.6 Å². The van der Waals surface area contributed by atoms with Crippen LogP contribution >= 0.6 is 9.24 Å². The average Bonchev–Trinajstić information content (AvgIpc) is 3.09. The van der Waals surface area contributed by atoms with Crippen LogP contribution in [0.2, 0.25) is 0 Å². The molecule has 4 rings (SSSR count). The highest BCUT2D eigenvalue weighted by atomic mass is 31.0. The van der Waals surface area contributed by atoms with E-state index in [1.165, 1.54) is 0 Å². The summed E-state index contributed by atoms with van der Waals surface area (Å²) in [6.45, 7) is -0.0993. The van der Waals surface area contributed by atoms with Crippen molar-refractivity contribution >= 4 is 25.3 Å². The molecule has 2 N–H and O–H groups in total. The van der Waals surface area contributed by atoms with Crippen molar-refractivity contribution in [1.29, 1.82) is 0 Å². The molecule has 5 heteroatoms. The lowest BCUT2D eigenvalue weighted by molar-refractivity contribution is 0.175. The van der Waals surface area contributed by atoms with Crippen molar-refractivity contribution in [3.05, 3.63) is 53.6 Å². The normalized spacial score (nSPS) is 12.8. The highest BCUT2D eigenvalue weighted by molar-refractivity contribution is 7.27. The molecule has 4 nitrogen and oxygen atoms in total. The molecule has 0 fully saturated rings. The molecule has 0 spiro atoms. The second-order valence-electron chi connectivity index (χ2n) is 5.72. The molecule has 0 aliphatic carbocycles. The molecule has 0 saturated carbocycles. The van der Waals surface area contributed by atoms with Crippen molar-refractivity contribution in [1.82, 2.24) is 0 Å². The summed E-state index contributed by atoms with van der Waals surface area (Å²) in [6, 6.07) is 13.7. The van der Waals surface area contributed by atoms with Gasteiger partial charge in [-0.1, -0.05) is 30.3 Å². The van der Waals surface area contributed by atoms with Crippen molar-refractivity contribution < 1.29 is 19.7 Å². The van der Waals surface area contributed by atoms with Gasteiger partial charge < -0.3 is 19.7 Å². The van der Waals surface area contributed by atoms with Crippen molar-refractivity contribution in [2.24, 2.45) is 0 Å². The van der Waals surface area contributed by atoms with Gasteiger partial charge >= 0.3 is 0 Å². The fourth-order valence-corrected chi connectivity index (χ4v) is 3.43. The molecular formula is C19H17O4P. The summed E-state index contributed by atoms with van der Waals surface area (Å²) in [4.78, 5) is 0. The molecule has 24 heavy (non-hydrogen) atoms. The predicted octanol–water partition coefficient (Wildman–Crippen LogP) is 2.72. The SMILES string of the molecule is OCc1cc2ccc3c(c2c(-c2ccc(P)cc2)c1CO)OCO3. The van der Waals surface area contributed by atoms with Gasteiger partial charge in [0.1, 0.15) is 0 Å². The van der Waals surface area contributed by atoms with Crippen molar-refractivity contribution in [2.45, 2.75) is 13.2 Å². The van der Waals surface area contributed by atoms with Gasteiger partial charge in [0.25, 0.3) is 0 Å². The van der Waals surface area contributed by atoms with Crippen LogP contribution in [0.15, 0.2) is 42.5 Å². The van der Waals surface area contributed by atoms with Gasteiger partial charge in [0.05, 0.1) is 13.2 Å². The van der Waals surface area contributed by atoms with Crippen LogP contribution in [-0.2, 0) is 13.2 Å². The Balaban J connectivity index is 2.14. The van der Waals surface area contributed by atoms with Gasteiger partial charge in [-0.15, -0.1) is 9.24 Å². The summed E-state index contributed by atoms with van der Waals surface area (Å²) < 4.78 is 11.2. The third kappa shape index (κ3) is 2.35. The van der Waals surface area contributed by atoms with Gasteiger partial charge in [0.15, 0.2) is 11.5 Å². The number of aliphatic hydroxyl groups excluding tert-OH is 2. The molecule has 0 radical (unpaired) electrons. The maximum absolute atomic E-state index is 9.97. The molecule has 1 aliphatic rings. The summed E-state index contributed by atoms with van der Waals surface area (Å²) >= 11 is 0. The summed E-state index contributed by atoms with van der Waals surface area (Å²) in [5.74, 6) is 1.39. The molecule has 0 bridgehead atoms. The van der Waals surface area contributed by atoms with Gasteiger partial charge in [0.2, 0.25) is 6.79 Å². The minimum atomic E-state index is -0.158. The van der Waals surface area contributed by atoms with Crippen LogP contribution in [0, 0.1) is 0 Å². The average molecular weight is 340 g/mol. The monoisotopic (exact) mass is 340 g/mol. The minimum absolute atomic E-state index is 0.130. The number of hydrogen-bond donors (Lipinski definition) is 2. The second-order valence-corrected chi connectivity index (χ2v) is 6.39. The molecule has 0 saturated heterocycles. The first-order chi connectivity index (χ1) is 11.7. The van der Waals surface area contributed by atoms with E-state index in [9.17, 15) is 10.2 Å². The number of benzene rings is 3. The van der Waals surface area contributed by atoms with Crippen LogP contribution in [0.25, 0.3) is 21.9 Å². The molecule has 3 aromatic carbocycles. The van der Waals surface area contributed by atoms with Gasteiger partial charge in [-0.2, -0.15) is 0 Å². The van der Waals surface area contributed by atoms with Crippen LogP contribution in [-0.4, -0.2) is 17.0 Å². The Bertz CT molecular complexity index is 919. The topological polar surface area (TPSA) is 58.9 Å². The van der Waals surface area contributed by atoms with Crippen LogP contribution in [0.4, 0.5) is 0 Å². The Morgan fingerprint density at radius 1 is 0.958 bits per heavy atom. The lowest BCUT2D eigenvalue weighted by Crippen LogP contribution is -2.01. The van der Waals surface area contributed by atoms with E-state index in [0.717, 1.165) is 27.2 Å². The largest absolute Gasteiger partial charge is 0.454 e. The van der Waals surface area contributed by atoms with E-state index >= 15 is 0 Å². The molecule has 1 heterocycles. The zero-order valence-corrected chi connectivity index (χ0v) is 14.1. The molecule has 1 atom stereocenters. The third-order valence-electron chi connectivity index (χ3n) is 4.37. The van der Waals surface area contributed by atoms with E-state index in [1.807, 2.05) is 42.5 Å². The van der Waals surface area contributed by atoms with E-state index in [4.69, 9.17) is 9.47 Å².